The Kier molecular flexibility index (Phi) is 3.47. The predicted molar refractivity (Wildman–Crippen MR) is 81.3 cm³/mol. The summed E-state index contributed by atoms with van der Waals surface area (Å²) in [6, 6.07) is 5.16. The Labute approximate surface area is 118 Å². The summed E-state index contributed by atoms with van der Waals surface area (Å²) in [4.78, 5) is 6.49. The van der Waals surface area contributed by atoms with Gasteiger partial charge in [0.15, 0.2) is 5.82 Å². The molecule has 2 aromatic rings. The third-order valence-electron chi connectivity index (χ3n) is 4.15. The molecular formula is C16H20FN3. The molecule has 1 aliphatic heterocycles. The first-order valence-corrected chi connectivity index (χ1v) is 7.28. The van der Waals surface area contributed by atoms with Crippen LogP contribution in [0.4, 0.5) is 15.8 Å². The van der Waals surface area contributed by atoms with E-state index in [-0.39, 0.29) is 5.82 Å². The molecule has 1 aliphatic rings. The standard InChI is InChI=1S/C16H20FN3/c1-2-4-11-6-8-20(10-11)16-13(17)9-14(18)12-5-3-7-19-15(12)16/h3,5,7,9,11H,2,4,6,8,10,18H2,1H3. The van der Waals surface area contributed by atoms with Gasteiger partial charge in [-0.3, -0.25) is 4.98 Å². The molecule has 1 atom stereocenters. The number of aromatic nitrogens is 1. The molecule has 1 fully saturated rings. The van der Waals surface area contributed by atoms with Gasteiger partial charge < -0.3 is 10.6 Å². The fourth-order valence-electron chi connectivity index (χ4n) is 3.20. The molecular weight excluding hydrogens is 253 g/mol. The largest absolute Gasteiger partial charge is 0.398 e. The van der Waals surface area contributed by atoms with E-state index in [0.717, 1.165) is 24.9 Å². The molecule has 3 nitrogen and oxygen atoms in total. The van der Waals surface area contributed by atoms with E-state index < -0.39 is 0 Å². The Bertz CT molecular complexity index is 626. The summed E-state index contributed by atoms with van der Waals surface area (Å²) in [5, 5.41) is 0.836. The van der Waals surface area contributed by atoms with Crippen LogP contribution >= 0.6 is 0 Å². The monoisotopic (exact) mass is 273 g/mol. The van der Waals surface area contributed by atoms with Gasteiger partial charge in [0, 0.05) is 30.4 Å². The van der Waals surface area contributed by atoms with Gasteiger partial charge in [-0.25, -0.2) is 4.39 Å². The molecule has 0 amide bonds. The minimum Gasteiger partial charge on any atom is -0.398 e. The highest BCUT2D eigenvalue weighted by Gasteiger charge is 2.26. The summed E-state index contributed by atoms with van der Waals surface area (Å²) in [7, 11) is 0. The molecule has 3 rings (SSSR count). The van der Waals surface area contributed by atoms with Crippen molar-refractivity contribution < 1.29 is 4.39 Å². The number of hydrogen-bond donors (Lipinski definition) is 1. The highest BCUT2D eigenvalue weighted by Crippen LogP contribution is 2.35. The van der Waals surface area contributed by atoms with Gasteiger partial charge in [0.1, 0.15) is 0 Å². The van der Waals surface area contributed by atoms with Gasteiger partial charge in [-0.1, -0.05) is 13.3 Å². The Hall–Kier alpha value is -1.84. The zero-order valence-corrected chi connectivity index (χ0v) is 11.8. The third kappa shape index (κ3) is 2.19. The van der Waals surface area contributed by atoms with E-state index >= 15 is 0 Å². The second-order valence-electron chi connectivity index (χ2n) is 5.59. The SMILES string of the molecule is CCCC1CCN(c2c(F)cc(N)c3cccnc23)C1. The van der Waals surface area contributed by atoms with Crippen LogP contribution in [-0.4, -0.2) is 18.1 Å². The maximum absolute atomic E-state index is 14.4. The van der Waals surface area contributed by atoms with Crippen molar-refractivity contribution in [1.82, 2.24) is 4.98 Å². The average molecular weight is 273 g/mol. The van der Waals surface area contributed by atoms with E-state index in [0.29, 0.717) is 22.8 Å². The van der Waals surface area contributed by atoms with Crippen LogP contribution in [0.1, 0.15) is 26.2 Å². The Morgan fingerprint density at radius 3 is 3.15 bits per heavy atom. The lowest BCUT2D eigenvalue weighted by molar-refractivity contribution is 0.529. The van der Waals surface area contributed by atoms with E-state index in [4.69, 9.17) is 5.73 Å². The van der Waals surface area contributed by atoms with Crippen molar-refractivity contribution in [1.29, 1.82) is 0 Å². The van der Waals surface area contributed by atoms with Crippen LogP contribution in [0.25, 0.3) is 10.9 Å². The number of rotatable bonds is 3. The summed E-state index contributed by atoms with van der Waals surface area (Å²) in [6.07, 6.45) is 5.22. The fourth-order valence-corrected chi connectivity index (χ4v) is 3.20. The first-order valence-electron chi connectivity index (χ1n) is 7.28. The van der Waals surface area contributed by atoms with Crippen LogP contribution in [0.2, 0.25) is 0 Å². The summed E-state index contributed by atoms with van der Waals surface area (Å²) >= 11 is 0. The van der Waals surface area contributed by atoms with Gasteiger partial charge in [0.25, 0.3) is 0 Å². The number of nitrogens with zero attached hydrogens (tertiary/aromatic N) is 2. The molecule has 0 aliphatic carbocycles. The lowest BCUT2D eigenvalue weighted by Crippen LogP contribution is -2.21. The van der Waals surface area contributed by atoms with Gasteiger partial charge >= 0.3 is 0 Å². The summed E-state index contributed by atoms with van der Waals surface area (Å²) < 4.78 is 14.4. The number of nitrogens with two attached hydrogens (primary N) is 1. The Morgan fingerprint density at radius 2 is 2.35 bits per heavy atom. The Morgan fingerprint density at radius 1 is 1.50 bits per heavy atom. The van der Waals surface area contributed by atoms with Crippen LogP contribution in [0, 0.1) is 11.7 Å². The molecule has 20 heavy (non-hydrogen) atoms. The molecule has 0 saturated carbocycles. The van der Waals surface area contributed by atoms with Crippen molar-refractivity contribution in [3.8, 4) is 0 Å². The van der Waals surface area contributed by atoms with Crippen LogP contribution in [0.15, 0.2) is 24.4 Å². The van der Waals surface area contributed by atoms with Gasteiger partial charge in [-0.2, -0.15) is 0 Å². The normalized spacial score (nSPS) is 18.9. The molecule has 1 aromatic heterocycles. The average Bonchev–Trinajstić information content (AvgIpc) is 2.88. The van der Waals surface area contributed by atoms with Crippen molar-refractivity contribution in [3.63, 3.8) is 0 Å². The first-order chi connectivity index (χ1) is 9.70. The number of pyridine rings is 1. The number of halogens is 1. The second-order valence-corrected chi connectivity index (χ2v) is 5.59. The molecule has 0 radical (unpaired) electrons. The van der Waals surface area contributed by atoms with Crippen LogP contribution in [-0.2, 0) is 0 Å². The van der Waals surface area contributed by atoms with Gasteiger partial charge in [-0.15, -0.1) is 0 Å². The molecule has 1 saturated heterocycles. The molecule has 1 unspecified atom stereocenters. The number of anilines is 2. The lowest BCUT2D eigenvalue weighted by Gasteiger charge is -2.21. The molecule has 106 valence electrons. The van der Waals surface area contributed by atoms with Crippen molar-refractivity contribution in [2.24, 2.45) is 5.92 Å². The van der Waals surface area contributed by atoms with Gasteiger partial charge in [-0.05, 0) is 37.0 Å². The Balaban J connectivity index is 2.04. The molecule has 0 bridgehead atoms. The quantitative estimate of drug-likeness (QED) is 0.869. The molecule has 0 spiro atoms. The van der Waals surface area contributed by atoms with Gasteiger partial charge in [0.2, 0.25) is 0 Å². The number of nitrogen functional groups attached to an aromatic ring is 1. The molecule has 2 N–H and O–H groups in total. The van der Waals surface area contributed by atoms with Crippen LogP contribution in [0.5, 0.6) is 0 Å². The van der Waals surface area contributed by atoms with E-state index in [2.05, 4.69) is 16.8 Å². The third-order valence-corrected chi connectivity index (χ3v) is 4.15. The fraction of sp³-hybridized carbons (Fsp3) is 0.438. The topological polar surface area (TPSA) is 42.1 Å². The smallest absolute Gasteiger partial charge is 0.150 e. The van der Waals surface area contributed by atoms with Crippen molar-refractivity contribution in [2.45, 2.75) is 26.2 Å². The van der Waals surface area contributed by atoms with Crippen molar-refractivity contribution >= 4 is 22.3 Å². The zero-order valence-electron chi connectivity index (χ0n) is 11.8. The highest BCUT2D eigenvalue weighted by atomic mass is 19.1. The summed E-state index contributed by atoms with van der Waals surface area (Å²) in [5.74, 6) is 0.404. The summed E-state index contributed by atoms with van der Waals surface area (Å²) in [6.45, 7) is 4.01. The second kappa shape index (κ2) is 5.27. The molecule has 2 heterocycles. The predicted octanol–water partition coefficient (Wildman–Crippen LogP) is 3.58. The van der Waals surface area contributed by atoms with Gasteiger partial charge in [0.05, 0.1) is 11.2 Å². The van der Waals surface area contributed by atoms with E-state index in [1.807, 2.05) is 12.1 Å². The molecule has 4 heteroatoms. The van der Waals surface area contributed by atoms with E-state index in [9.17, 15) is 4.39 Å². The maximum atomic E-state index is 14.4. The van der Waals surface area contributed by atoms with Crippen molar-refractivity contribution in [2.75, 3.05) is 23.7 Å². The van der Waals surface area contributed by atoms with Crippen molar-refractivity contribution in [3.05, 3.63) is 30.2 Å². The van der Waals surface area contributed by atoms with Crippen LogP contribution in [0.3, 0.4) is 0 Å². The maximum Gasteiger partial charge on any atom is 0.150 e. The first kappa shape index (κ1) is 13.2. The van der Waals surface area contributed by atoms with Crippen LogP contribution < -0.4 is 10.6 Å². The highest BCUT2D eigenvalue weighted by molar-refractivity contribution is 5.99. The minimum atomic E-state index is -0.258. The summed E-state index contributed by atoms with van der Waals surface area (Å²) in [5.41, 5.74) is 7.66. The molecule has 1 aromatic carbocycles. The minimum absolute atomic E-state index is 0.258. The lowest BCUT2D eigenvalue weighted by atomic mass is 10.0. The zero-order chi connectivity index (χ0) is 14.1. The number of hydrogen-bond acceptors (Lipinski definition) is 3. The number of benzene rings is 1. The van der Waals surface area contributed by atoms with E-state index in [1.165, 1.54) is 18.9 Å². The number of fused-ring (bicyclic) bond motifs is 1. The van der Waals surface area contributed by atoms with E-state index in [1.54, 1.807) is 6.20 Å².